The third-order valence-corrected chi connectivity index (χ3v) is 5.74. The number of ether oxygens (including phenoxy) is 1. The Morgan fingerprint density at radius 3 is 2.64 bits per heavy atom. The normalized spacial score (nSPS) is 19.5. The Morgan fingerprint density at radius 2 is 2.08 bits per heavy atom. The average molecular weight is 380 g/mol. The van der Waals surface area contributed by atoms with Crippen LogP contribution in [0.4, 0.5) is 23.7 Å². The highest BCUT2D eigenvalue weighted by atomic mass is 32.2. The molecule has 25 heavy (non-hydrogen) atoms. The van der Waals surface area contributed by atoms with Gasteiger partial charge < -0.3 is 15.0 Å². The topological polar surface area (TPSA) is 75.7 Å². The maximum absolute atomic E-state index is 12.3. The van der Waals surface area contributed by atoms with E-state index in [-0.39, 0.29) is 17.3 Å². The lowest BCUT2D eigenvalue weighted by molar-refractivity contribution is -0.153. The molecule has 0 aromatic heterocycles. The van der Waals surface area contributed by atoms with Crippen molar-refractivity contribution >= 4 is 21.6 Å². The minimum absolute atomic E-state index is 0.0150. The first kappa shape index (κ1) is 19.4. The molecule has 0 saturated carbocycles. The molecule has 1 heterocycles. The lowest BCUT2D eigenvalue weighted by Crippen LogP contribution is -2.40. The minimum Gasteiger partial charge on any atom is -0.484 e. The van der Waals surface area contributed by atoms with Gasteiger partial charge in [0, 0.05) is 24.3 Å². The first-order valence-corrected chi connectivity index (χ1v) is 9.34. The molecule has 1 N–H and O–H groups in total. The summed E-state index contributed by atoms with van der Waals surface area (Å²) in [5.74, 6) is -0.0408. The van der Waals surface area contributed by atoms with Gasteiger partial charge in [0.05, 0.1) is 11.5 Å². The Labute approximate surface area is 143 Å². The van der Waals surface area contributed by atoms with E-state index in [4.69, 9.17) is 4.74 Å². The van der Waals surface area contributed by atoms with E-state index in [1.165, 1.54) is 37.1 Å². The first-order chi connectivity index (χ1) is 11.5. The van der Waals surface area contributed by atoms with E-state index in [1.807, 2.05) is 0 Å². The molecule has 10 heteroatoms. The molecule has 0 spiro atoms. The highest BCUT2D eigenvalue weighted by Crippen LogP contribution is 2.28. The zero-order valence-corrected chi connectivity index (χ0v) is 14.6. The Morgan fingerprint density at radius 1 is 1.40 bits per heavy atom. The van der Waals surface area contributed by atoms with E-state index < -0.39 is 34.7 Å². The van der Waals surface area contributed by atoms with Crippen molar-refractivity contribution in [2.24, 2.45) is 0 Å². The van der Waals surface area contributed by atoms with Gasteiger partial charge in [-0.25, -0.2) is 13.2 Å². The van der Waals surface area contributed by atoms with Crippen molar-refractivity contribution in [3.63, 3.8) is 0 Å². The van der Waals surface area contributed by atoms with E-state index in [2.05, 4.69) is 5.32 Å². The molecule has 1 unspecified atom stereocenters. The fourth-order valence-corrected chi connectivity index (χ4v) is 4.29. The van der Waals surface area contributed by atoms with Gasteiger partial charge in [0.15, 0.2) is 16.4 Å². The number of urea groups is 1. The van der Waals surface area contributed by atoms with Crippen LogP contribution in [0.3, 0.4) is 0 Å². The summed E-state index contributed by atoms with van der Waals surface area (Å²) in [6, 6.07) is 3.43. The summed E-state index contributed by atoms with van der Waals surface area (Å²) in [5.41, 5.74) is 0.657. The molecule has 6 nitrogen and oxygen atoms in total. The SMILES string of the molecule is Cc1c(NC(=O)N(C)C2CCS(=O)(=O)C2)cccc1OCC(F)(F)F. The second-order valence-corrected chi connectivity index (χ2v) is 8.16. The van der Waals surface area contributed by atoms with Crippen LogP contribution >= 0.6 is 0 Å². The monoisotopic (exact) mass is 380 g/mol. The summed E-state index contributed by atoms with van der Waals surface area (Å²) in [5, 5.41) is 2.58. The van der Waals surface area contributed by atoms with Crippen LogP contribution in [0.5, 0.6) is 5.75 Å². The van der Waals surface area contributed by atoms with Crippen molar-refractivity contribution in [2.75, 3.05) is 30.5 Å². The number of nitrogens with one attached hydrogen (secondary N) is 1. The van der Waals surface area contributed by atoms with Gasteiger partial charge in [0.25, 0.3) is 0 Å². The van der Waals surface area contributed by atoms with Crippen molar-refractivity contribution in [2.45, 2.75) is 25.6 Å². The fraction of sp³-hybridized carbons (Fsp3) is 0.533. The standard InChI is InChI=1S/C15H19F3N2O4S/c1-10-12(4-3-5-13(10)24-9-15(16,17)18)19-14(21)20(2)11-6-7-25(22,23)8-11/h3-5,11H,6-9H2,1-2H3,(H,19,21). The molecule has 0 aliphatic carbocycles. The number of sulfone groups is 1. The smallest absolute Gasteiger partial charge is 0.422 e. The summed E-state index contributed by atoms with van der Waals surface area (Å²) in [4.78, 5) is 13.6. The predicted molar refractivity (Wildman–Crippen MR) is 86.6 cm³/mol. The van der Waals surface area contributed by atoms with Gasteiger partial charge in [-0.15, -0.1) is 0 Å². The Hall–Kier alpha value is -1.97. The number of nitrogens with zero attached hydrogens (tertiary/aromatic N) is 1. The van der Waals surface area contributed by atoms with Crippen LogP contribution in [0.25, 0.3) is 0 Å². The largest absolute Gasteiger partial charge is 0.484 e. The minimum atomic E-state index is -4.46. The van der Waals surface area contributed by atoms with E-state index in [9.17, 15) is 26.4 Å². The highest BCUT2D eigenvalue weighted by molar-refractivity contribution is 7.91. The maximum Gasteiger partial charge on any atom is 0.422 e. The number of carbonyl (C=O) groups is 1. The third-order valence-electron chi connectivity index (χ3n) is 3.99. The van der Waals surface area contributed by atoms with E-state index >= 15 is 0 Å². The van der Waals surface area contributed by atoms with Crippen molar-refractivity contribution in [1.29, 1.82) is 0 Å². The molecule has 0 radical (unpaired) electrons. The summed E-state index contributed by atoms with van der Waals surface area (Å²) in [6.07, 6.45) is -4.10. The molecule has 140 valence electrons. The number of amides is 2. The highest BCUT2D eigenvalue weighted by Gasteiger charge is 2.33. The molecule has 0 bridgehead atoms. The molecule has 1 fully saturated rings. The van der Waals surface area contributed by atoms with Crippen LogP contribution < -0.4 is 10.1 Å². The Bertz CT molecular complexity index is 750. The second-order valence-electron chi connectivity index (χ2n) is 5.93. The molecule has 1 aromatic rings. The third kappa shape index (κ3) is 5.25. The molecular formula is C15H19F3N2O4S. The van der Waals surface area contributed by atoms with Crippen molar-refractivity contribution in [1.82, 2.24) is 4.90 Å². The summed E-state index contributed by atoms with van der Waals surface area (Å²) in [7, 11) is -1.64. The van der Waals surface area contributed by atoms with Gasteiger partial charge in [-0.2, -0.15) is 13.2 Å². The molecule has 1 atom stereocenters. The summed E-state index contributed by atoms with van der Waals surface area (Å²) >= 11 is 0. The first-order valence-electron chi connectivity index (χ1n) is 7.52. The number of hydrogen-bond donors (Lipinski definition) is 1. The van der Waals surface area contributed by atoms with E-state index in [0.29, 0.717) is 17.7 Å². The van der Waals surface area contributed by atoms with Crippen LogP contribution in [0.1, 0.15) is 12.0 Å². The molecule has 1 saturated heterocycles. The number of anilines is 1. The lowest BCUT2D eigenvalue weighted by atomic mass is 10.2. The van der Waals surface area contributed by atoms with Crippen LogP contribution in [0.15, 0.2) is 18.2 Å². The average Bonchev–Trinajstić information content (AvgIpc) is 2.86. The molecule has 1 aliphatic rings. The molecule has 1 aromatic carbocycles. The van der Waals surface area contributed by atoms with Gasteiger partial charge in [-0.3, -0.25) is 0 Å². The number of hydrogen-bond acceptors (Lipinski definition) is 4. The van der Waals surface area contributed by atoms with Gasteiger partial charge in [0.2, 0.25) is 0 Å². The van der Waals surface area contributed by atoms with E-state index in [1.54, 1.807) is 0 Å². The Balaban J connectivity index is 2.05. The lowest BCUT2D eigenvalue weighted by Gasteiger charge is -2.24. The Kier molecular flexibility index (Phi) is 5.50. The number of alkyl halides is 3. The maximum atomic E-state index is 12.3. The summed E-state index contributed by atoms with van der Waals surface area (Å²) < 4.78 is 64.6. The van der Waals surface area contributed by atoms with Gasteiger partial charge in [-0.05, 0) is 25.5 Å². The van der Waals surface area contributed by atoms with Crippen LogP contribution in [0.2, 0.25) is 0 Å². The summed E-state index contributed by atoms with van der Waals surface area (Å²) in [6.45, 7) is 0.104. The van der Waals surface area contributed by atoms with Crippen LogP contribution in [0, 0.1) is 6.92 Å². The molecule has 2 amide bonds. The van der Waals surface area contributed by atoms with Gasteiger partial charge in [-0.1, -0.05) is 6.07 Å². The predicted octanol–water partition coefficient (Wildman–Crippen LogP) is 2.59. The fourth-order valence-electron chi connectivity index (χ4n) is 2.52. The quantitative estimate of drug-likeness (QED) is 0.871. The number of halogens is 3. The van der Waals surface area contributed by atoms with Crippen molar-refractivity contribution < 1.29 is 31.1 Å². The number of rotatable bonds is 4. The van der Waals surface area contributed by atoms with Crippen LogP contribution in [-0.4, -0.2) is 56.7 Å². The molecule has 2 rings (SSSR count). The zero-order valence-electron chi connectivity index (χ0n) is 13.8. The number of carbonyl (C=O) groups excluding carboxylic acids is 1. The van der Waals surface area contributed by atoms with E-state index in [0.717, 1.165) is 0 Å². The number of benzene rings is 1. The second kappa shape index (κ2) is 7.11. The molecule has 1 aliphatic heterocycles. The van der Waals surface area contributed by atoms with Gasteiger partial charge in [0.1, 0.15) is 5.75 Å². The van der Waals surface area contributed by atoms with Crippen molar-refractivity contribution in [3.05, 3.63) is 23.8 Å². The van der Waals surface area contributed by atoms with Crippen LogP contribution in [-0.2, 0) is 9.84 Å². The van der Waals surface area contributed by atoms with Crippen molar-refractivity contribution in [3.8, 4) is 5.75 Å². The molecular weight excluding hydrogens is 361 g/mol. The van der Waals surface area contributed by atoms with Gasteiger partial charge >= 0.3 is 12.2 Å². The zero-order chi connectivity index (χ0) is 18.8.